The minimum atomic E-state index is -3.57. The van der Waals surface area contributed by atoms with E-state index >= 15 is 4.11 Å². The summed E-state index contributed by atoms with van der Waals surface area (Å²) in [6, 6.07) is 31.1. The molecule has 3 amide bonds. The van der Waals surface area contributed by atoms with Crippen molar-refractivity contribution in [3.8, 4) is 5.75 Å². The third kappa shape index (κ3) is 7.19. The summed E-state index contributed by atoms with van der Waals surface area (Å²) >= 11 is 0. The minimum Gasteiger partial charge on any atom is -0.497 e. The number of benzene rings is 4. The monoisotopic (exact) mass is 709 g/mol. The minimum absolute atomic E-state index is 0.103. The molecule has 4 aromatic rings. The van der Waals surface area contributed by atoms with Crippen molar-refractivity contribution in [2.45, 2.75) is 56.8 Å². The van der Waals surface area contributed by atoms with Crippen molar-refractivity contribution in [1.82, 2.24) is 4.90 Å². The average molecular weight is 710 g/mol. The Hall–Kier alpha value is -4.84. The summed E-state index contributed by atoms with van der Waals surface area (Å²) in [7, 11) is -2.02. The van der Waals surface area contributed by atoms with Gasteiger partial charge >= 0.3 is 0 Å². The Morgan fingerprint density at radius 1 is 0.980 bits per heavy atom. The van der Waals surface area contributed by atoms with Crippen LogP contribution >= 0.6 is 0 Å². The Labute approximate surface area is 299 Å². The first-order valence-electron chi connectivity index (χ1n) is 17.2. The second-order valence-electron chi connectivity index (χ2n) is 13.8. The summed E-state index contributed by atoms with van der Waals surface area (Å²) in [5, 5.41) is 12.8. The Kier molecular flexibility index (Phi) is 10.4. The van der Waals surface area contributed by atoms with E-state index in [9.17, 15) is 19.5 Å². The number of amides is 3. The van der Waals surface area contributed by atoms with Crippen LogP contribution in [-0.2, 0) is 33.0 Å². The highest BCUT2D eigenvalue weighted by atomic mass is 28.4. The van der Waals surface area contributed by atoms with Gasteiger partial charge < -0.3 is 33.8 Å². The molecule has 2 N–H and O–H groups in total. The zero-order valence-corrected chi connectivity index (χ0v) is 30.3. The van der Waals surface area contributed by atoms with Crippen LogP contribution in [0.3, 0.4) is 0 Å². The van der Waals surface area contributed by atoms with Crippen LogP contribution in [0.4, 0.5) is 15.5 Å². The maximum absolute atomic E-state index is 16.5. The van der Waals surface area contributed by atoms with E-state index in [1.54, 1.807) is 72.5 Å². The molecule has 0 bridgehead atoms. The summed E-state index contributed by atoms with van der Waals surface area (Å²) < 4.78 is 28.6. The Morgan fingerprint density at radius 3 is 2.24 bits per heavy atom. The molecule has 9 nitrogen and oxygen atoms in total. The number of carbonyl (C=O) groups is 3. The fraction of sp³-hybridized carbons (Fsp3) is 0.325. The van der Waals surface area contributed by atoms with Crippen LogP contribution in [0.25, 0.3) is 0 Å². The molecule has 1 fully saturated rings. The largest absolute Gasteiger partial charge is 0.497 e. The van der Waals surface area contributed by atoms with Gasteiger partial charge in [-0.2, -0.15) is 0 Å². The van der Waals surface area contributed by atoms with Gasteiger partial charge in [0.15, 0.2) is 5.60 Å². The van der Waals surface area contributed by atoms with E-state index in [1.807, 2.05) is 67.6 Å². The number of fused-ring (bicyclic) bond motifs is 2. The van der Waals surface area contributed by atoms with Crippen molar-refractivity contribution >= 4 is 37.5 Å². The topological polar surface area (TPSA) is 108 Å². The number of nitrogens with zero attached hydrogens (tertiary/aromatic N) is 2. The lowest BCUT2D eigenvalue weighted by Crippen LogP contribution is -2.45. The SMILES string of the molecule is COc1ccc(C(=O)Nc2ccc3c(c2)[C@@]2(O[C@H](CC(=O)N(CCO)Cc4ccccc4)[C@@H]([Si](C)(C)F)[C@@H]2C)C(=O)N3Cc2ccccc2)cc1. The average Bonchev–Trinajstić information content (AvgIpc) is 3.54. The summed E-state index contributed by atoms with van der Waals surface area (Å²) in [6.45, 7) is 5.44. The third-order valence-electron chi connectivity index (χ3n) is 10.1. The maximum atomic E-state index is 16.5. The van der Waals surface area contributed by atoms with Gasteiger partial charge in [0.1, 0.15) is 5.75 Å². The molecule has 2 aliphatic heterocycles. The highest BCUT2D eigenvalue weighted by Gasteiger charge is 2.67. The standard InChI is InChI=1S/C40H44FN3O6Si/c1-27-37(51(3,4)41)35(24-36(46)43(21-22-45)25-28-11-7-5-8-12-28)50-40(27)33-23-31(42-38(47)30-15-18-32(49-2)19-16-30)17-20-34(33)44(39(40)48)26-29-13-9-6-10-14-29/h5-20,23,27,35,37,45H,21-22,24-26H2,1-4H3,(H,42,47)/t27-,35+,37-,40+/m0/s1. The lowest BCUT2D eigenvalue weighted by Gasteiger charge is -2.31. The van der Waals surface area contributed by atoms with Gasteiger partial charge in [-0.15, -0.1) is 0 Å². The first kappa shape index (κ1) is 36.0. The highest BCUT2D eigenvalue weighted by Crippen LogP contribution is 2.60. The van der Waals surface area contributed by atoms with Gasteiger partial charge in [-0.1, -0.05) is 67.6 Å². The van der Waals surface area contributed by atoms with E-state index in [0.717, 1.165) is 11.1 Å². The fourth-order valence-corrected chi connectivity index (χ4v) is 10.2. The van der Waals surface area contributed by atoms with Crippen LogP contribution in [0.1, 0.15) is 40.4 Å². The van der Waals surface area contributed by atoms with Gasteiger partial charge in [-0.25, -0.2) is 0 Å². The molecule has 0 saturated carbocycles. The molecule has 1 spiro atoms. The molecular formula is C40H44FN3O6Si. The first-order valence-corrected chi connectivity index (χ1v) is 20.2. The fourth-order valence-electron chi connectivity index (χ4n) is 7.71. The summed E-state index contributed by atoms with van der Waals surface area (Å²) in [5.41, 5.74) is 1.49. The van der Waals surface area contributed by atoms with E-state index < -0.39 is 31.6 Å². The number of carbonyl (C=O) groups excluding carboxylic acids is 3. The zero-order chi connectivity index (χ0) is 36.3. The molecule has 51 heavy (non-hydrogen) atoms. The van der Waals surface area contributed by atoms with Gasteiger partial charge in [0.2, 0.25) is 14.3 Å². The predicted molar refractivity (Wildman–Crippen MR) is 197 cm³/mol. The molecule has 11 heteroatoms. The Morgan fingerprint density at radius 2 is 1.63 bits per heavy atom. The molecule has 1 saturated heterocycles. The molecule has 0 aliphatic carbocycles. The summed E-state index contributed by atoms with van der Waals surface area (Å²) in [5.74, 6) is -0.989. The number of anilines is 2. The van der Waals surface area contributed by atoms with Gasteiger partial charge in [-0.05, 0) is 66.7 Å². The van der Waals surface area contributed by atoms with Gasteiger partial charge in [0.25, 0.3) is 11.8 Å². The van der Waals surface area contributed by atoms with E-state index in [4.69, 9.17) is 9.47 Å². The first-order chi connectivity index (χ1) is 24.5. The zero-order valence-electron chi connectivity index (χ0n) is 29.3. The van der Waals surface area contributed by atoms with Crippen LogP contribution < -0.4 is 15.0 Å². The van der Waals surface area contributed by atoms with Crippen molar-refractivity contribution in [1.29, 1.82) is 0 Å². The van der Waals surface area contributed by atoms with Crippen molar-refractivity contribution < 1.29 is 33.1 Å². The smallest absolute Gasteiger partial charge is 0.264 e. The van der Waals surface area contributed by atoms with E-state index in [0.29, 0.717) is 28.3 Å². The molecule has 4 atom stereocenters. The quantitative estimate of drug-likeness (QED) is 0.126. The number of ether oxygens (including phenoxy) is 2. The van der Waals surface area contributed by atoms with Crippen LogP contribution in [0.5, 0.6) is 5.75 Å². The van der Waals surface area contributed by atoms with Gasteiger partial charge in [-0.3, -0.25) is 14.4 Å². The van der Waals surface area contributed by atoms with E-state index in [1.165, 1.54) is 0 Å². The second kappa shape index (κ2) is 14.8. The molecular weight excluding hydrogens is 666 g/mol. The second-order valence-corrected chi connectivity index (χ2v) is 17.6. The number of hydrogen-bond donors (Lipinski definition) is 2. The Balaban J connectivity index is 1.37. The van der Waals surface area contributed by atoms with Crippen LogP contribution in [-0.4, -0.2) is 62.5 Å². The van der Waals surface area contributed by atoms with Crippen LogP contribution in [0, 0.1) is 5.92 Å². The Bertz CT molecular complexity index is 1870. The highest BCUT2D eigenvalue weighted by molar-refractivity contribution is 6.72. The summed E-state index contributed by atoms with van der Waals surface area (Å²) in [6.07, 6.45) is -1.05. The van der Waals surface area contributed by atoms with Gasteiger partial charge in [0.05, 0.1) is 38.5 Å². The van der Waals surface area contributed by atoms with Crippen molar-refractivity contribution in [2.75, 3.05) is 30.5 Å². The molecule has 2 aliphatic rings. The number of aliphatic hydroxyl groups excluding tert-OH is 1. The molecule has 0 aromatic heterocycles. The van der Waals surface area contributed by atoms with Crippen LogP contribution in [0.2, 0.25) is 18.6 Å². The molecule has 6 rings (SSSR count). The summed E-state index contributed by atoms with van der Waals surface area (Å²) in [4.78, 5) is 45.3. The molecule has 0 radical (unpaired) electrons. The number of methoxy groups -OCH3 is 1. The lowest BCUT2D eigenvalue weighted by atomic mass is 9.82. The van der Waals surface area contributed by atoms with E-state index in [-0.39, 0.29) is 50.4 Å². The van der Waals surface area contributed by atoms with E-state index in [2.05, 4.69) is 5.32 Å². The number of hydrogen-bond acceptors (Lipinski definition) is 6. The normalized spacial score (nSPS) is 21.1. The van der Waals surface area contributed by atoms with Gasteiger partial charge in [0, 0.05) is 41.4 Å². The number of rotatable bonds is 12. The number of halogens is 1. The lowest BCUT2D eigenvalue weighted by molar-refractivity contribution is -0.150. The molecule has 2 heterocycles. The number of nitrogens with one attached hydrogen (secondary N) is 1. The van der Waals surface area contributed by atoms with Crippen molar-refractivity contribution in [3.63, 3.8) is 0 Å². The van der Waals surface area contributed by atoms with Crippen molar-refractivity contribution in [3.05, 3.63) is 125 Å². The van der Waals surface area contributed by atoms with Crippen LogP contribution in [0.15, 0.2) is 103 Å². The molecule has 266 valence electrons. The molecule has 0 unspecified atom stereocenters. The number of aliphatic hydroxyl groups is 1. The predicted octanol–water partition coefficient (Wildman–Crippen LogP) is 6.68. The third-order valence-corrected chi connectivity index (χ3v) is 12.5. The van der Waals surface area contributed by atoms with Crippen molar-refractivity contribution in [2.24, 2.45) is 5.92 Å². The maximum Gasteiger partial charge on any atom is 0.264 e. The molecule has 4 aromatic carbocycles.